The highest BCUT2D eigenvalue weighted by Gasteiger charge is 2.58. The molecular weight excluding hydrogens is 396 g/mol. The van der Waals surface area contributed by atoms with Crippen LogP contribution >= 0.6 is 0 Å². The smallest absolute Gasteiger partial charge is 0.191 e. The molecule has 3 heteroatoms. The summed E-state index contributed by atoms with van der Waals surface area (Å²) in [7, 11) is -1.69. The predicted molar refractivity (Wildman–Crippen MR) is 132 cm³/mol. The lowest BCUT2D eigenvalue weighted by atomic mass is 9.48. The van der Waals surface area contributed by atoms with E-state index in [-0.39, 0.29) is 10.5 Å². The van der Waals surface area contributed by atoms with Crippen LogP contribution in [0.15, 0.2) is 23.8 Å². The molecule has 0 aromatic carbocycles. The van der Waals surface area contributed by atoms with Crippen molar-refractivity contribution < 1.29 is 9.22 Å². The molecule has 0 aromatic rings. The second-order valence-corrected chi connectivity index (χ2v) is 18.2. The third kappa shape index (κ3) is 3.76. The zero-order chi connectivity index (χ0) is 22.8. The molecule has 0 N–H and O–H groups in total. The van der Waals surface area contributed by atoms with Crippen molar-refractivity contribution in [3.05, 3.63) is 23.8 Å². The summed E-state index contributed by atoms with van der Waals surface area (Å²) in [4.78, 5) is 12.0. The molecular formula is C28H46O2Si. The molecule has 31 heavy (non-hydrogen) atoms. The van der Waals surface area contributed by atoms with Crippen LogP contribution < -0.4 is 0 Å². The Hall–Kier alpha value is -0.673. The monoisotopic (exact) mass is 442 g/mol. The number of allylic oxidation sites excluding steroid dienone is 4. The van der Waals surface area contributed by atoms with Crippen LogP contribution in [-0.2, 0) is 9.22 Å². The molecule has 4 aliphatic rings. The molecule has 0 aliphatic heterocycles. The molecule has 2 saturated carbocycles. The normalized spacial score (nSPS) is 41.3. The zero-order valence-corrected chi connectivity index (χ0v) is 22.4. The van der Waals surface area contributed by atoms with E-state index in [4.69, 9.17) is 4.43 Å². The van der Waals surface area contributed by atoms with Gasteiger partial charge in [0.25, 0.3) is 0 Å². The van der Waals surface area contributed by atoms with Gasteiger partial charge in [-0.05, 0) is 102 Å². The van der Waals surface area contributed by atoms with Crippen LogP contribution in [0.4, 0.5) is 0 Å². The third-order valence-corrected chi connectivity index (χ3v) is 15.3. The van der Waals surface area contributed by atoms with Gasteiger partial charge in [-0.2, -0.15) is 0 Å². The molecule has 0 heterocycles. The van der Waals surface area contributed by atoms with E-state index < -0.39 is 8.32 Å². The van der Waals surface area contributed by atoms with Crippen molar-refractivity contribution in [1.29, 1.82) is 0 Å². The minimum Gasteiger partial charge on any atom is -0.417 e. The maximum atomic E-state index is 12.0. The molecule has 0 radical (unpaired) electrons. The van der Waals surface area contributed by atoms with Crippen molar-refractivity contribution in [3.8, 4) is 0 Å². The molecule has 0 bridgehead atoms. The van der Waals surface area contributed by atoms with Gasteiger partial charge in [0.1, 0.15) is 0 Å². The van der Waals surface area contributed by atoms with Gasteiger partial charge in [-0.15, -0.1) is 0 Å². The van der Waals surface area contributed by atoms with Crippen molar-refractivity contribution in [2.75, 3.05) is 6.61 Å². The fourth-order valence-corrected chi connectivity index (χ4v) is 8.76. The van der Waals surface area contributed by atoms with E-state index in [0.29, 0.717) is 29.0 Å². The largest absolute Gasteiger partial charge is 0.417 e. The second-order valence-electron chi connectivity index (χ2n) is 13.4. The summed E-state index contributed by atoms with van der Waals surface area (Å²) in [5, 5.41) is 0.280. The predicted octanol–water partition coefficient (Wildman–Crippen LogP) is 7.57. The highest BCUT2D eigenvalue weighted by molar-refractivity contribution is 6.74. The molecule has 0 amide bonds. The van der Waals surface area contributed by atoms with Crippen LogP contribution in [0, 0.1) is 40.4 Å². The Labute approximate surface area is 192 Å². The number of rotatable bonds is 4. The highest BCUT2D eigenvalue weighted by atomic mass is 28.4. The van der Waals surface area contributed by atoms with Gasteiger partial charge in [0.15, 0.2) is 14.1 Å². The van der Waals surface area contributed by atoms with E-state index in [0.717, 1.165) is 31.3 Å². The average molecular weight is 443 g/mol. The summed E-state index contributed by atoms with van der Waals surface area (Å²) < 4.78 is 6.68. The standard InChI is InChI=1S/C28H46O2Si/c1-19(18-30-31(7,8)26(2,3)4)23-11-12-24-22-10-9-20-17-21(29)13-15-27(20,5)25(22)14-16-28(23,24)6/h9-10,17,19,22-25H,11-16,18H2,1-8H3/t19-,22?,23-,24?,25?,27+,28-/m1/s1. The van der Waals surface area contributed by atoms with Gasteiger partial charge in [0, 0.05) is 13.0 Å². The first-order chi connectivity index (χ1) is 14.3. The lowest BCUT2D eigenvalue weighted by molar-refractivity contribution is -0.116. The van der Waals surface area contributed by atoms with Crippen LogP contribution in [0.25, 0.3) is 0 Å². The van der Waals surface area contributed by atoms with Gasteiger partial charge < -0.3 is 4.43 Å². The molecule has 3 unspecified atom stereocenters. The maximum Gasteiger partial charge on any atom is 0.191 e. The van der Waals surface area contributed by atoms with Gasteiger partial charge >= 0.3 is 0 Å². The lowest BCUT2D eigenvalue weighted by Gasteiger charge is -2.56. The molecule has 2 fully saturated rings. The number of hydrogen-bond acceptors (Lipinski definition) is 2. The number of carbonyl (C=O) groups excluding carboxylic acids is 1. The summed E-state index contributed by atoms with van der Waals surface area (Å²) in [5.41, 5.74) is 1.97. The van der Waals surface area contributed by atoms with E-state index in [1.54, 1.807) is 0 Å². The average Bonchev–Trinajstić information content (AvgIpc) is 3.03. The number of hydrogen-bond donors (Lipinski definition) is 0. The summed E-state index contributed by atoms with van der Waals surface area (Å²) in [5.74, 6) is 3.92. The Morgan fingerprint density at radius 2 is 1.84 bits per heavy atom. The number of ketones is 1. The first kappa shape index (κ1) is 23.5. The first-order valence-electron chi connectivity index (χ1n) is 12.9. The second kappa shape index (κ2) is 7.69. The quantitative estimate of drug-likeness (QED) is 0.420. The van der Waals surface area contributed by atoms with E-state index in [1.807, 2.05) is 6.08 Å². The van der Waals surface area contributed by atoms with E-state index in [9.17, 15) is 4.79 Å². The molecule has 174 valence electrons. The van der Waals surface area contributed by atoms with Crippen LogP contribution in [0.2, 0.25) is 18.1 Å². The van der Waals surface area contributed by atoms with Crippen LogP contribution in [0.5, 0.6) is 0 Å². The van der Waals surface area contributed by atoms with Crippen molar-refractivity contribution >= 4 is 14.1 Å². The lowest BCUT2D eigenvalue weighted by Crippen LogP contribution is -2.50. The van der Waals surface area contributed by atoms with Gasteiger partial charge in [0.2, 0.25) is 0 Å². The van der Waals surface area contributed by atoms with Gasteiger partial charge in [-0.3, -0.25) is 4.79 Å². The number of fused-ring (bicyclic) bond motifs is 5. The van der Waals surface area contributed by atoms with Crippen LogP contribution in [0.3, 0.4) is 0 Å². The third-order valence-electron chi connectivity index (χ3n) is 10.8. The Morgan fingerprint density at radius 1 is 1.13 bits per heavy atom. The Morgan fingerprint density at radius 3 is 2.52 bits per heavy atom. The van der Waals surface area contributed by atoms with E-state index in [2.05, 4.69) is 66.8 Å². The SMILES string of the molecule is C[C@H](CO[Si](C)(C)C(C)(C)C)[C@H]1CCC2C3C=CC4=CC(=O)CC[C@]4(C)C3CC[C@@]21C. The Balaban J connectivity index is 1.51. The molecule has 0 spiro atoms. The molecule has 0 saturated heterocycles. The van der Waals surface area contributed by atoms with Crippen LogP contribution in [-0.4, -0.2) is 20.7 Å². The fraction of sp³-hybridized carbons (Fsp3) is 0.821. The fourth-order valence-electron chi connectivity index (χ4n) is 7.64. The highest BCUT2D eigenvalue weighted by Crippen LogP contribution is 2.66. The van der Waals surface area contributed by atoms with Gasteiger partial charge in [-0.1, -0.05) is 53.7 Å². The Kier molecular flexibility index (Phi) is 5.82. The summed E-state index contributed by atoms with van der Waals surface area (Å²) in [6.45, 7) is 20.3. The van der Waals surface area contributed by atoms with E-state index >= 15 is 0 Å². The molecule has 0 aromatic heterocycles. The van der Waals surface area contributed by atoms with Crippen molar-refractivity contribution in [2.24, 2.45) is 40.4 Å². The molecule has 7 atom stereocenters. The summed E-state index contributed by atoms with van der Waals surface area (Å²) in [6.07, 6.45) is 14.0. The molecule has 2 nitrogen and oxygen atoms in total. The van der Waals surface area contributed by atoms with Gasteiger partial charge in [-0.25, -0.2) is 0 Å². The zero-order valence-electron chi connectivity index (χ0n) is 21.4. The van der Waals surface area contributed by atoms with Crippen LogP contribution in [0.1, 0.15) is 80.1 Å². The molecule has 4 aliphatic carbocycles. The Bertz CT molecular complexity index is 787. The van der Waals surface area contributed by atoms with Crippen molar-refractivity contribution in [3.63, 3.8) is 0 Å². The van der Waals surface area contributed by atoms with Crippen molar-refractivity contribution in [2.45, 2.75) is 98.2 Å². The summed E-state index contributed by atoms with van der Waals surface area (Å²) >= 11 is 0. The van der Waals surface area contributed by atoms with Gasteiger partial charge in [0.05, 0.1) is 0 Å². The minimum absolute atomic E-state index is 0.212. The van der Waals surface area contributed by atoms with Crippen molar-refractivity contribution in [1.82, 2.24) is 0 Å². The van der Waals surface area contributed by atoms with E-state index in [1.165, 1.54) is 31.3 Å². The molecule has 4 rings (SSSR count). The topological polar surface area (TPSA) is 26.3 Å². The number of carbonyl (C=O) groups is 1. The summed E-state index contributed by atoms with van der Waals surface area (Å²) in [6, 6.07) is 0. The minimum atomic E-state index is -1.69. The first-order valence-corrected chi connectivity index (χ1v) is 15.8. The maximum absolute atomic E-state index is 12.0.